The maximum Gasteiger partial charge on any atom is 0.365 e. The Morgan fingerprint density at radius 1 is 1.41 bits per heavy atom. The molecular formula is C10H9F2N5O4S. The number of sulfonamides is 1. The third-order valence-corrected chi connectivity index (χ3v) is 3.61. The molecule has 0 aliphatic carbocycles. The summed E-state index contributed by atoms with van der Waals surface area (Å²) in [4.78, 5) is 23.1. The fourth-order valence-corrected chi connectivity index (χ4v) is 2.37. The number of halogens is 2. The molecule has 2 rings (SSSR count). The number of benzene rings is 1. The maximum atomic E-state index is 12.1. The van der Waals surface area contributed by atoms with Crippen LogP contribution in [0.15, 0.2) is 29.1 Å². The second-order valence-corrected chi connectivity index (χ2v) is 5.84. The molecule has 0 radical (unpaired) electrons. The second kappa shape index (κ2) is 6.01. The largest absolute Gasteiger partial charge is 0.365 e. The fraction of sp³-hybridized carbons (Fsp3) is 0.200. The van der Waals surface area contributed by atoms with Crippen LogP contribution in [0.5, 0.6) is 0 Å². The lowest BCUT2D eigenvalue weighted by Crippen LogP contribution is -2.34. The molecular weight excluding hydrogens is 324 g/mol. The highest BCUT2D eigenvalue weighted by Gasteiger charge is 2.21. The zero-order valence-electron chi connectivity index (χ0n) is 10.7. The van der Waals surface area contributed by atoms with E-state index in [0.717, 1.165) is 10.7 Å². The van der Waals surface area contributed by atoms with Crippen LogP contribution in [0, 0.1) is 0 Å². The van der Waals surface area contributed by atoms with E-state index in [-0.39, 0.29) is 11.3 Å². The SMILES string of the molecule is O=C(NS(=O)(=O)CC(F)F)c1cccc(-n2nn[nH]c2=O)c1. The molecule has 1 aromatic carbocycles. The number of nitrogens with one attached hydrogen (secondary N) is 2. The molecule has 2 aromatic rings. The van der Waals surface area contributed by atoms with Crippen LogP contribution in [0.2, 0.25) is 0 Å². The Morgan fingerprint density at radius 2 is 2.14 bits per heavy atom. The Hall–Kier alpha value is -2.63. The van der Waals surface area contributed by atoms with Gasteiger partial charge in [-0.2, -0.15) is 4.68 Å². The molecule has 1 heterocycles. The number of alkyl halides is 2. The van der Waals surface area contributed by atoms with Crippen LogP contribution < -0.4 is 10.4 Å². The number of tetrazole rings is 1. The van der Waals surface area contributed by atoms with Gasteiger partial charge in [0.25, 0.3) is 12.3 Å². The van der Waals surface area contributed by atoms with Gasteiger partial charge in [0.15, 0.2) is 0 Å². The van der Waals surface area contributed by atoms with Crippen molar-refractivity contribution in [1.29, 1.82) is 0 Å². The average Bonchev–Trinajstić information content (AvgIpc) is 2.83. The van der Waals surface area contributed by atoms with Gasteiger partial charge in [-0.05, 0) is 28.6 Å². The molecule has 0 unspecified atom stereocenters. The van der Waals surface area contributed by atoms with Gasteiger partial charge in [0, 0.05) is 5.56 Å². The number of hydrogen-bond donors (Lipinski definition) is 2. The van der Waals surface area contributed by atoms with E-state index in [1.807, 2.05) is 5.10 Å². The Bertz CT molecular complexity index is 845. The highest BCUT2D eigenvalue weighted by molar-refractivity contribution is 7.90. The third-order valence-electron chi connectivity index (χ3n) is 2.42. The van der Waals surface area contributed by atoms with Crippen LogP contribution in [0.25, 0.3) is 5.69 Å². The van der Waals surface area contributed by atoms with Crippen LogP contribution >= 0.6 is 0 Å². The quantitative estimate of drug-likeness (QED) is 0.743. The van der Waals surface area contributed by atoms with Gasteiger partial charge in [-0.3, -0.25) is 4.79 Å². The molecule has 118 valence electrons. The number of carbonyl (C=O) groups is 1. The Morgan fingerprint density at radius 3 is 2.73 bits per heavy atom. The monoisotopic (exact) mass is 333 g/mol. The molecule has 0 saturated carbocycles. The summed E-state index contributed by atoms with van der Waals surface area (Å²) < 4.78 is 49.1. The molecule has 0 saturated heterocycles. The summed E-state index contributed by atoms with van der Waals surface area (Å²) in [6.45, 7) is 0. The Labute approximate surface area is 122 Å². The number of H-pyrrole nitrogens is 1. The number of aromatic amines is 1. The van der Waals surface area contributed by atoms with Gasteiger partial charge < -0.3 is 0 Å². The van der Waals surface area contributed by atoms with E-state index in [9.17, 15) is 26.8 Å². The molecule has 0 atom stereocenters. The molecule has 0 spiro atoms. The van der Waals surface area contributed by atoms with Crippen molar-refractivity contribution >= 4 is 15.9 Å². The maximum absolute atomic E-state index is 12.1. The molecule has 12 heteroatoms. The summed E-state index contributed by atoms with van der Waals surface area (Å²) in [6, 6.07) is 5.21. The number of aromatic nitrogens is 4. The number of amides is 1. The van der Waals surface area contributed by atoms with Crippen LogP contribution in [0.4, 0.5) is 8.78 Å². The highest BCUT2D eigenvalue weighted by Crippen LogP contribution is 2.08. The summed E-state index contributed by atoms with van der Waals surface area (Å²) in [5, 5.41) is 8.75. The average molecular weight is 333 g/mol. The van der Waals surface area contributed by atoms with E-state index in [0.29, 0.717) is 0 Å². The predicted octanol–water partition coefficient (Wildman–Crippen LogP) is -0.720. The van der Waals surface area contributed by atoms with Crippen molar-refractivity contribution < 1.29 is 22.0 Å². The van der Waals surface area contributed by atoms with Crippen molar-refractivity contribution in [2.75, 3.05) is 5.75 Å². The summed E-state index contributed by atoms with van der Waals surface area (Å²) in [7, 11) is -4.46. The number of hydrogen-bond acceptors (Lipinski definition) is 6. The van der Waals surface area contributed by atoms with Crippen molar-refractivity contribution in [2.24, 2.45) is 0 Å². The normalized spacial score (nSPS) is 11.6. The van der Waals surface area contributed by atoms with Gasteiger partial charge >= 0.3 is 5.69 Å². The van der Waals surface area contributed by atoms with Gasteiger partial charge in [0.2, 0.25) is 10.0 Å². The van der Waals surface area contributed by atoms with Crippen molar-refractivity contribution in [2.45, 2.75) is 6.43 Å². The topological polar surface area (TPSA) is 127 Å². The van der Waals surface area contributed by atoms with Crippen LogP contribution in [-0.4, -0.2) is 46.7 Å². The number of carbonyl (C=O) groups excluding carboxylic acids is 1. The lowest BCUT2D eigenvalue weighted by atomic mass is 10.2. The molecule has 1 amide bonds. The van der Waals surface area contributed by atoms with Crippen molar-refractivity contribution in [3.05, 3.63) is 40.3 Å². The minimum Gasteiger partial charge on any atom is -0.268 e. The standard InChI is InChI=1S/C10H9F2N5O4S/c11-8(12)5-22(20,21)14-9(18)6-2-1-3-7(4-6)17-10(19)13-15-16-17/h1-4,8H,5H2,(H,14,18)(H,13,16,19). The van der Waals surface area contributed by atoms with E-state index in [4.69, 9.17) is 0 Å². The lowest BCUT2D eigenvalue weighted by Gasteiger charge is -2.07. The van der Waals surface area contributed by atoms with Gasteiger partial charge in [-0.15, -0.1) is 0 Å². The minimum atomic E-state index is -4.46. The van der Waals surface area contributed by atoms with Crippen LogP contribution in [0.3, 0.4) is 0 Å². The first-order valence-electron chi connectivity index (χ1n) is 5.72. The van der Waals surface area contributed by atoms with Gasteiger partial charge in [0.05, 0.1) is 5.69 Å². The van der Waals surface area contributed by atoms with E-state index >= 15 is 0 Å². The highest BCUT2D eigenvalue weighted by atomic mass is 32.2. The van der Waals surface area contributed by atoms with Gasteiger partial charge in [0.1, 0.15) is 5.75 Å². The molecule has 0 aliphatic rings. The second-order valence-electron chi connectivity index (χ2n) is 4.07. The lowest BCUT2D eigenvalue weighted by molar-refractivity contribution is 0.0980. The summed E-state index contributed by atoms with van der Waals surface area (Å²) in [5.41, 5.74) is -0.661. The molecule has 0 aliphatic heterocycles. The summed E-state index contributed by atoms with van der Waals surface area (Å²) in [5.74, 6) is -2.58. The molecule has 9 nitrogen and oxygen atoms in total. The van der Waals surface area contributed by atoms with E-state index in [2.05, 4.69) is 10.4 Å². The van der Waals surface area contributed by atoms with Crippen molar-refractivity contribution in [3.63, 3.8) is 0 Å². The summed E-state index contributed by atoms with van der Waals surface area (Å²) >= 11 is 0. The van der Waals surface area contributed by atoms with E-state index in [1.165, 1.54) is 22.9 Å². The van der Waals surface area contributed by atoms with E-state index < -0.39 is 33.8 Å². The number of rotatable bonds is 5. The smallest absolute Gasteiger partial charge is 0.268 e. The molecule has 1 aromatic heterocycles. The fourth-order valence-electron chi connectivity index (χ4n) is 1.55. The van der Waals surface area contributed by atoms with Crippen molar-refractivity contribution in [1.82, 2.24) is 24.9 Å². The van der Waals surface area contributed by atoms with E-state index in [1.54, 1.807) is 0 Å². The van der Waals surface area contributed by atoms with Crippen LogP contribution in [0.1, 0.15) is 10.4 Å². The van der Waals surface area contributed by atoms with Gasteiger partial charge in [-0.25, -0.2) is 31.8 Å². The first-order chi connectivity index (χ1) is 10.3. The predicted molar refractivity (Wildman–Crippen MR) is 69.2 cm³/mol. The third kappa shape index (κ3) is 3.72. The first-order valence-corrected chi connectivity index (χ1v) is 7.37. The van der Waals surface area contributed by atoms with Gasteiger partial charge in [-0.1, -0.05) is 6.07 Å². The van der Waals surface area contributed by atoms with Crippen molar-refractivity contribution in [3.8, 4) is 5.69 Å². The molecule has 0 bridgehead atoms. The Balaban J connectivity index is 2.25. The summed E-state index contributed by atoms with van der Waals surface area (Å²) in [6.07, 6.45) is -3.11. The Kier molecular flexibility index (Phi) is 4.30. The minimum absolute atomic E-state index is 0.148. The van der Waals surface area contributed by atoms with Crippen LogP contribution in [-0.2, 0) is 10.0 Å². The molecule has 22 heavy (non-hydrogen) atoms. The zero-order chi connectivity index (χ0) is 16.3. The zero-order valence-corrected chi connectivity index (χ0v) is 11.5. The number of nitrogens with zero attached hydrogens (tertiary/aromatic N) is 3. The first kappa shape index (κ1) is 15.8. The molecule has 2 N–H and O–H groups in total. The molecule has 0 fully saturated rings.